The summed E-state index contributed by atoms with van der Waals surface area (Å²) in [6.07, 6.45) is 0. The van der Waals surface area contributed by atoms with E-state index in [2.05, 4.69) is 0 Å². The summed E-state index contributed by atoms with van der Waals surface area (Å²) in [6, 6.07) is 0. The second-order valence-electron chi connectivity index (χ2n) is 0. The molecule has 2 heteroatoms. The fourth-order valence-electron chi connectivity index (χ4n) is 0. The zero-order valence-electron chi connectivity index (χ0n) is 0.756. The van der Waals surface area contributed by atoms with E-state index in [9.17, 15) is 0 Å². The Kier molecular flexibility index (Phi) is 45700. The Bertz CT molecular complexity index is 6.88. The van der Waals surface area contributed by atoms with E-state index >= 15 is 0 Å². The van der Waals surface area contributed by atoms with Crippen LogP contribution >= 0.6 is 0 Å². The topological polar surface area (TPSA) is 0 Å². The summed E-state index contributed by atoms with van der Waals surface area (Å²) in [6.45, 7) is 0. The standard InChI is InChI=1S/7CH4.2Mn/h7*1H4;;. The number of hydrogen-bond acceptors (Lipinski definition) is 0. The molecular weight excluding hydrogens is 194 g/mol. The van der Waals surface area contributed by atoms with Gasteiger partial charge in [0.05, 0.1) is 0 Å². The maximum atomic E-state index is 0. The molecule has 0 bridgehead atoms. The van der Waals surface area contributed by atoms with Crippen molar-refractivity contribution >= 4 is 0 Å². The second-order valence-corrected chi connectivity index (χ2v) is 0. The third kappa shape index (κ3) is 415. The summed E-state index contributed by atoms with van der Waals surface area (Å²) in [4.78, 5) is 0. The summed E-state index contributed by atoms with van der Waals surface area (Å²) < 4.78 is 0. The fraction of sp³-hybridized carbons (Fsp3) is 1.00. The summed E-state index contributed by atoms with van der Waals surface area (Å²) >= 11 is 0. The van der Waals surface area contributed by atoms with E-state index in [0.717, 1.165) is 0 Å². The smallest absolute Gasteiger partial charge is 0 e. The van der Waals surface area contributed by atoms with Crippen molar-refractivity contribution in [3.05, 3.63) is 0 Å². The van der Waals surface area contributed by atoms with Crippen molar-refractivity contribution in [2.75, 3.05) is 0 Å². The van der Waals surface area contributed by atoms with Gasteiger partial charge in [-0.25, -0.2) is 0 Å². The van der Waals surface area contributed by atoms with Crippen LogP contribution in [0.2, 0.25) is 0 Å². The fourth-order valence-corrected chi connectivity index (χ4v) is 0. The van der Waals surface area contributed by atoms with E-state index in [1.165, 1.54) is 0 Å². The maximum absolute atomic E-state index is 0. The van der Waals surface area contributed by atoms with Crippen molar-refractivity contribution in [3.63, 3.8) is 0 Å². The molecule has 0 aliphatic heterocycles. The minimum absolute atomic E-state index is 0. The third-order valence-electron chi connectivity index (χ3n) is 0. The van der Waals surface area contributed by atoms with Crippen LogP contribution in [0.5, 0.6) is 0 Å². The van der Waals surface area contributed by atoms with Gasteiger partial charge < -0.3 is 0 Å². The van der Waals surface area contributed by atoms with Gasteiger partial charge in [0, 0.05) is 34.1 Å². The minimum Gasteiger partial charge on any atom is -0.0776 e. The largest absolute Gasteiger partial charge is 0.0776 e. The minimum atomic E-state index is 0. The molecule has 0 heterocycles. The molecule has 9 heavy (non-hydrogen) atoms. The van der Waals surface area contributed by atoms with Gasteiger partial charge in [-0.2, -0.15) is 0 Å². The molecule has 0 saturated heterocycles. The van der Waals surface area contributed by atoms with E-state index in [1.807, 2.05) is 0 Å². The van der Waals surface area contributed by atoms with E-state index in [1.54, 1.807) is 0 Å². The van der Waals surface area contributed by atoms with Crippen LogP contribution in [0.4, 0.5) is 0 Å². The Hall–Kier alpha value is 1.04. The predicted octanol–water partition coefficient (Wildman–Crippen LogP) is 4.45. The Morgan fingerprint density at radius 2 is 0.222 bits per heavy atom. The van der Waals surface area contributed by atoms with Crippen LogP contribution in [0.15, 0.2) is 0 Å². The molecule has 0 rings (SSSR count). The van der Waals surface area contributed by atoms with Gasteiger partial charge in [-0.05, 0) is 0 Å². The Balaban J connectivity index is 0. The first-order valence-electron chi connectivity index (χ1n) is 0. The normalized spacial score (nSPS) is 0. The van der Waals surface area contributed by atoms with Crippen molar-refractivity contribution in [2.24, 2.45) is 0 Å². The molecule has 0 unspecified atom stereocenters. The van der Waals surface area contributed by atoms with Gasteiger partial charge in [0.1, 0.15) is 0 Å². The first kappa shape index (κ1) is 760. The van der Waals surface area contributed by atoms with Crippen LogP contribution in [0.3, 0.4) is 0 Å². The van der Waals surface area contributed by atoms with E-state index in [0.29, 0.717) is 0 Å². The van der Waals surface area contributed by atoms with Crippen LogP contribution in [-0.4, -0.2) is 0 Å². The molecular formula is C7H28Mn2. The molecule has 0 amide bonds. The van der Waals surface area contributed by atoms with Crippen molar-refractivity contribution in [1.29, 1.82) is 0 Å². The van der Waals surface area contributed by atoms with E-state index in [4.69, 9.17) is 0 Å². The quantitative estimate of drug-likeness (QED) is 0.531. The van der Waals surface area contributed by atoms with Crippen LogP contribution in [-0.2, 0) is 34.1 Å². The van der Waals surface area contributed by atoms with Gasteiger partial charge in [-0.15, -0.1) is 0 Å². The van der Waals surface area contributed by atoms with Gasteiger partial charge >= 0.3 is 0 Å². The summed E-state index contributed by atoms with van der Waals surface area (Å²) in [7, 11) is 0. The van der Waals surface area contributed by atoms with E-state index < -0.39 is 0 Å². The number of hydrogen-bond donors (Lipinski definition) is 0. The average Bonchev–Trinajstić information content (AvgIpc) is 0. The molecule has 0 spiro atoms. The average molecular weight is 222 g/mol. The first-order valence-corrected chi connectivity index (χ1v) is 0. The zero-order chi connectivity index (χ0) is 0. The van der Waals surface area contributed by atoms with Crippen molar-refractivity contribution in [3.8, 4) is 0 Å². The molecule has 70 valence electrons. The van der Waals surface area contributed by atoms with Crippen LogP contribution in [0.25, 0.3) is 0 Å². The summed E-state index contributed by atoms with van der Waals surface area (Å²) in [5.74, 6) is 0. The van der Waals surface area contributed by atoms with Crippen LogP contribution < -0.4 is 0 Å². The molecule has 0 saturated carbocycles. The van der Waals surface area contributed by atoms with Crippen molar-refractivity contribution < 1.29 is 34.1 Å². The van der Waals surface area contributed by atoms with Gasteiger partial charge in [-0.3, -0.25) is 0 Å². The molecule has 0 N–H and O–H groups in total. The summed E-state index contributed by atoms with van der Waals surface area (Å²) in [5, 5.41) is 0. The molecule has 2 radical (unpaired) electrons. The second kappa shape index (κ2) is 541. The van der Waals surface area contributed by atoms with Gasteiger partial charge in [0.2, 0.25) is 0 Å². The van der Waals surface area contributed by atoms with Crippen LogP contribution in [0.1, 0.15) is 52.0 Å². The number of rotatable bonds is 0. The summed E-state index contributed by atoms with van der Waals surface area (Å²) in [5.41, 5.74) is 0. The van der Waals surface area contributed by atoms with Gasteiger partial charge in [0.25, 0.3) is 0 Å². The molecule has 0 aromatic heterocycles. The molecule has 0 aliphatic carbocycles. The third-order valence-corrected chi connectivity index (χ3v) is 0. The van der Waals surface area contributed by atoms with Gasteiger partial charge in [0.15, 0.2) is 0 Å². The van der Waals surface area contributed by atoms with Crippen molar-refractivity contribution in [2.45, 2.75) is 52.0 Å². The molecule has 0 nitrogen and oxygen atoms in total. The van der Waals surface area contributed by atoms with Crippen molar-refractivity contribution in [1.82, 2.24) is 0 Å². The maximum Gasteiger partial charge on any atom is 0 e. The Labute approximate surface area is 86.2 Å². The van der Waals surface area contributed by atoms with Gasteiger partial charge in [-0.1, -0.05) is 52.0 Å². The monoisotopic (exact) mass is 222 g/mol. The van der Waals surface area contributed by atoms with E-state index in [-0.39, 0.29) is 86.1 Å². The first-order chi connectivity index (χ1) is 0. The zero-order valence-corrected chi connectivity index (χ0v) is 3.12. The predicted molar refractivity (Wildman–Crippen MR) is 47.1 cm³/mol. The molecule has 0 aromatic carbocycles. The molecule has 0 fully saturated rings. The Morgan fingerprint density at radius 1 is 0.222 bits per heavy atom. The molecule has 0 aromatic rings. The Morgan fingerprint density at radius 3 is 0.222 bits per heavy atom. The van der Waals surface area contributed by atoms with Crippen LogP contribution in [0, 0.1) is 0 Å². The SMILES string of the molecule is C.C.C.C.C.C.C.[Mn].[Mn]. The molecule has 0 aliphatic rings. The molecule has 0 atom stereocenters.